The summed E-state index contributed by atoms with van der Waals surface area (Å²) in [7, 11) is 0. The van der Waals surface area contributed by atoms with Gasteiger partial charge >= 0.3 is 5.97 Å². The number of rotatable bonds is 1. The Bertz CT molecular complexity index is 987. The number of hydrogen-bond donors (Lipinski definition) is 3. The second-order valence-corrected chi connectivity index (χ2v) is 15.2. The number of fused-ring (bicyclic) bond motifs is 7. The highest BCUT2D eigenvalue weighted by Crippen LogP contribution is 2.76. The van der Waals surface area contributed by atoms with Crippen LogP contribution in [0.3, 0.4) is 0 Å². The van der Waals surface area contributed by atoms with Crippen LogP contribution in [0.4, 0.5) is 0 Å². The predicted octanol–water partition coefficient (Wildman–Crippen LogP) is 4.63. The number of allylic oxidation sites excluding steroid dienone is 2. The van der Waals surface area contributed by atoms with Crippen molar-refractivity contribution in [2.24, 2.45) is 50.2 Å². The highest BCUT2D eigenvalue weighted by atomic mass is 16.6. The number of ether oxygens (including phenoxy) is 1. The zero-order valence-corrected chi connectivity index (χ0v) is 22.6. The second kappa shape index (κ2) is 6.94. The van der Waals surface area contributed by atoms with Crippen molar-refractivity contribution in [1.29, 1.82) is 0 Å². The molecule has 5 fully saturated rings. The SMILES string of the molecule is CC1(C)C[C@H]2C3=CC[C@@H]4[C@@]5(C)C[C@@H](O)[C@H](O)[C@@](C)(CO)[C@@H]5CC[C@@]4(C)[C@]3(C)CC[C@@]23C[C@@H]1OC3=O. The van der Waals surface area contributed by atoms with Gasteiger partial charge in [-0.3, -0.25) is 4.79 Å². The summed E-state index contributed by atoms with van der Waals surface area (Å²) in [6, 6.07) is 0. The second-order valence-electron chi connectivity index (χ2n) is 15.2. The smallest absolute Gasteiger partial charge is 0.313 e. The van der Waals surface area contributed by atoms with Crippen LogP contribution < -0.4 is 0 Å². The van der Waals surface area contributed by atoms with Crippen molar-refractivity contribution < 1.29 is 24.9 Å². The van der Waals surface area contributed by atoms with Crippen LogP contribution in [0.1, 0.15) is 92.9 Å². The molecule has 1 aliphatic heterocycles. The minimum Gasteiger partial charge on any atom is -0.461 e. The molecule has 0 aromatic heterocycles. The monoisotopic (exact) mass is 486 g/mol. The normalized spacial score (nSPS) is 58.3. The Morgan fingerprint density at radius 2 is 1.69 bits per heavy atom. The number of aliphatic hydroxyl groups is 3. The minimum atomic E-state index is -0.888. The maximum absolute atomic E-state index is 13.3. The first kappa shape index (κ1) is 24.4. The molecule has 0 aromatic carbocycles. The Kier molecular flexibility index (Phi) is 4.84. The Hall–Kier alpha value is -0.910. The number of aliphatic hydroxyl groups excluding tert-OH is 3. The van der Waals surface area contributed by atoms with Crippen LogP contribution in [0.5, 0.6) is 0 Å². The summed E-state index contributed by atoms with van der Waals surface area (Å²) in [4.78, 5) is 13.3. The lowest BCUT2D eigenvalue weighted by molar-refractivity contribution is -0.242. The topological polar surface area (TPSA) is 87.0 Å². The van der Waals surface area contributed by atoms with Crippen molar-refractivity contribution in [2.45, 2.75) is 111 Å². The van der Waals surface area contributed by atoms with Crippen LogP contribution >= 0.6 is 0 Å². The van der Waals surface area contributed by atoms with Crippen molar-refractivity contribution >= 4 is 5.97 Å². The van der Waals surface area contributed by atoms with Gasteiger partial charge in [0.2, 0.25) is 0 Å². The van der Waals surface area contributed by atoms with E-state index in [2.05, 4.69) is 40.7 Å². The first-order valence-corrected chi connectivity index (χ1v) is 14.1. The summed E-state index contributed by atoms with van der Waals surface area (Å²) in [6.45, 7) is 13.7. The Balaban J connectivity index is 1.45. The van der Waals surface area contributed by atoms with E-state index in [0.29, 0.717) is 12.3 Å². The molecule has 5 nitrogen and oxygen atoms in total. The lowest BCUT2D eigenvalue weighted by Gasteiger charge is -2.71. The third kappa shape index (κ3) is 2.64. The zero-order valence-electron chi connectivity index (χ0n) is 22.6. The van der Waals surface area contributed by atoms with E-state index in [0.717, 1.165) is 44.9 Å². The average molecular weight is 487 g/mol. The molecule has 35 heavy (non-hydrogen) atoms. The van der Waals surface area contributed by atoms with E-state index in [-0.39, 0.29) is 57.6 Å². The standard InChI is InChI=1S/C30H46O5/c1-25(2)13-18-17-7-8-21-26(3)14-19(32)23(33)27(4,16-31)20(26)9-10-29(21,6)28(17,5)11-12-30(18)15-22(25)35-24(30)34/h7,18-23,31-33H,8-16H2,1-6H3/t18-,19+,20+,21+,22-,23-,26-,27-,28+,29+,30+/m0/s1. The number of carbonyl (C=O) groups is 1. The third-order valence-electron chi connectivity index (χ3n) is 13.5. The summed E-state index contributed by atoms with van der Waals surface area (Å²) < 4.78 is 6.01. The van der Waals surface area contributed by atoms with Crippen molar-refractivity contribution in [2.75, 3.05) is 6.61 Å². The van der Waals surface area contributed by atoms with Gasteiger partial charge in [0.1, 0.15) is 6.10 Å². The molecule has 0 amide bonds. The van der Waals surface area contributed by atoms with E-state index >= 15 is 0 Å². The summed E-state index contributed by atoms with van der Waals surface area (Å²) in [5, 5.41) is 32.4. The largest absolute Gasteiger partial charge is 0.461 e. The predicted molar refractivity (Wildman–Crippen MR) is 133 cm³/mol. The molecule has 6 aliphatic rings. The highest BCUT2D eigenvalue weighted by molar-refractivity contribution is 5.81. The summed E-state index contributed by atoms with van der Waals surface area (Å²) in [5.74, 6) is 0.841. The first-order chi connectivity index (χ1) is 16.2. The summed E-state index contributed by atoms with van der Waals surface area (Å²) in [5.41, 5.74) is 0.367. The van der Waals surface area contributed by atoms with Crippen LogP contribution in [0.2, 0.25) is 0 Å². The van der Waals surface area contributed by atoms with Gasteiger partial charge in [-0.05, 0) is 78.9 Å². The quantitative estimate of drug-likeness (QED) is 0.372. The van der Waals surface area contributed by atoms with Crippen LogP contribution in [0.15, 0.2) is 11.6 Å². The van der Waals surface area contributed by atoms with E-state index in [4.69, 9.17) is 4.74 Å². The summed E-state index contributed by atoms with van der Waals surface area (Å²) >= 11 is 0. The zero-order chi connectivity index (χ0) is 25.4. The van der Waals surface area contributed by atoms with E-state index < -0.39 is 17.6 Å². The third-order valence-corrected chi connectivity index (χ3v) is 13.5. The molecule has 1 saturated heterocycles. The van der Waals surface area contributed by atoms with Gasteiger partial charge in [-0.1, -0.05) is 53.2 Å². The Morgan fingerprint density at radius 1 is 0.971 bits per heavy atom. The van der Waals surface area contributed by atoms with Gasteiger partial charge in [0, 0.05) is 17.3 Å². The summed E-state index contributed by atoms with van der Waals surface area (Å²) in [6.07, 6.45) is 8.20. The van der Waals surface area contributed by atoms with Gasteiger partial charge in [0.05, 0.1) is 24.2 Å². The van der Waals surface area contributed by atoms with Gasteiger partial charge in [-0.15, -0.1) is 0 Å². The van der Waals surface area contributed by atoms with Gasteiger partial charge < -0.3 is 20.1 Å². The fourth-order valence-electron chi connectivity index (χ4n) is 11.2. The van der Waals surface area contributed by atoms with Crippen LogP contribution in [0.25, 0.3) is 0 Å². The van der Waals surface area contributed by atoms with Gasteiger partial charge in [-0.2, -0.15) is 0 Å². The molecule has 4 saturated carbocycles. The maximum Gasteiger partial charge on any atom is 0.313 e. The number of esters is 1. The van der Waals surface area contributed by atoms with Crippen molar-refractivity contribution in [3.8, 4) is 0 Å². The van der Waals surface area contributed by atoms with Crippen LogP contribution in [-0.4, -0.2) is 46.2 Å². The molecule has 196 valence electrons. The Morgan fingerprint density at radius 3 is 2.37 bits per heavy atom. The Labute approximate surface area is 210 Å². The average Bonchev–Trinajstić information content (AvgIpc) is 3.09. The molecule has 0 radical (unpaired) electrons. The van der Waals surface area contributed by atoms with Gasteiger partial charge in [0.25, 0.3) is 0 Å². The highest BCUT2D eigenvalue weighted by Gasteiger charge is 2.72. The fraction of sp³-hybridized carbons (Fsp3) is 0.900. The van der Waals surface area contributed by atoms with E-state index in [9.17, 15) is 20.1 Å². The molecule has 5 aliphatic carbocycles. The van der Waals surface area contributed by atoms with E-state index in [1.165, 1.54) is 5.57 Å². The lowest BCUT2D eigenvalue weighted by atomic mass is 9.33. The molecular formula is C30H46O5. The molecular weight excluding hydrogens is 440 g/mol. The molecule has 0 unspecified atom stereocenters. The van der Waals surface area contributed by atoms with Crippen molar-refractivity contribution in [3.05, 3.63) is 11.6 Å². The molecule has 3 N–H and O–H groups in total. The first-order valence-electron chi connectivity index (χ1n) is 14.1. The van der Waals surface area contributed by atoms with Crippen molar-refractivity contribution in [1.82, 2.24) is 0 Å². The molecule has 11 atom stereocenters. The molecule has 5 heteroatoms. The minimum absolute atomic E-state index is 0.00221. The molecule has 6 rings (SSSR count). The maximum atomic E-state index is 13.3. The van der Waals surface area contributed by atoms with Crippen molar-refractivity contribution in [3.63, 3.8) is 0 Å². The molecule has 1 heterocycles. The van der Waals surface area contributed by atoms with Gasteiger partial charge in [-0.25, -0.2) is 0 Å². The number of hydrogen-bond acceptors (Lipinski definition) is 5. The van der Waals surface area contributed by atoms with E-state index in [1.807, 2.05) is 6.92 Å². The molecule has 1 spiro atoms. The van der Waals surface area contributed by atoms with Crippen LogP contribution in [-0.2, 0) is 9.53 Å². The fourth-order valence-corrected chi connectivity index (χ4v) is 11.2. The van der Waals surface area contributed by atoms with Gasteiger partial charge in [0.15, 0.2) is 0 Å². The van der Waals surface area contributed by atoms with Crippen LogP contribution in [0, 0.1) is 50.2 Å². The lowest BCUT2D eigenvalue weighted by Crippen LogP contribution is -2.68. The van der Waals surface area contributed by atoms with E-state index in [1.54, 1.807) is 0 Å². The molecule has 0 aromatic rings. The number of carbonyl (C=O) groups excluding carboxylic acids is 1. The molecule has 2 bridgehead atoms.